The minimum atomic E-state index is -0.436. The number of hydrazine groups is 1. The number of nitrogens with one attached hydrogen (secondary N) is 1. The molecule has 0 spiro atoms. The van der Waals surface area contributed by atoms with Crippen molar-refractivity contribution < 1.29 is 5.11 Å². The van der Waals surface area contributed by atoms with Crippen LogP contribution in [0.3, 0.4) is 0 Å². The molecule has 1 aromatic heterocycles. The van der Waals surface area contributed by atoms with E-state index in [1.54, 1.807) is 18.2 Å². The first-order valence-electron chi connectivity index (χ1n) is 7.00. The highest BCUT2D eigenvalue weighted by Gasteiger charge is 2.09. The molecule has 0 radical (unpaired) electrons. The van der Waals surface area contributed by atoms with Crippen molar-refractivity contribution in [3.05, 3.63) is 63.7 Å². The van der Waals surface area contributed by atoms with Gasteiger partial charge in [0.2, 0.25) is 5.95 Å². The van der Waals surface area contributed by atoms with E-state index in [2.05, 4.69) is 44.7 Å². The van der Waals surface area contributed by atoms with E-state index in [1.807, 2.05) is 0 Å². The van der Waals surface area contributed by atoms with Crippen LogP contribution in [-0.2, 0) is 0 Å². The first-order chi connectivity index (χ1) is 11.5. The van der Waals surface area contributed by atoms with E-state index in [-0.39, 0.29) is 11.8 Å². The van der Waals surface area contributed by atoms with Crippen LogP contribution in [0.2, 0.25) is 10.0 Å². The van der Waals surface area contributed by atoms with E-state index >= 15 is 0 Å². The van der Waals surface area contributed by atoms with Crippen LogP contribution in [0.5, 0.6) is 6.01 Å². The molecule has 2 aromatic rings. The largest absolute Gasteiger partial charge is 0.479 e. The van der Waals surface area contributed by atoms with Gasteiger partial charge in [-0.05, 0) is 35.8 Å². The predicted molar refractivity (Wildman–Crippen MR) is 94.7 cm³/mol. The Morgan fingerprint density at radius 1 is 1.00 bits per heavy atom. The molecular weight excluding hydrogens is 349 g/mol. The van der Waals surface area contributed by atoms with Crippen molar-refractivity contribution in [2.24, 2.45) is 5.84 Å². The molecule has 8 heteroatoms. The fourth-order valence-electron chi connectivity index (χ4n) is 2.20. The SMILES string of the molecule is C1=CC2=CC=C1C2.NNc1nc(O)nc(-c2ccc(Cl)c(Cl)c2)n1. The molecule has 24 heavy (non-hydrogen) atoms. The Labute approximate surface area is 148 Å². The van der Waals surface area contributed by atoms with E-state index in [0.29, 0.717) is 15.6 Å². The lowest BCUT2D eigenvalue weighted by atomic mass is 10.2. The fourth-order valence-corrected chi connectivity index (χ4v) is 2.50. The van der Waals surface area contributed by atoms with Gasteiger partial charge in [0.25, 0.3) is 0 Å². The molecule has 1 aromatic carbocycles. The number of fused-ring (bicyclic) bond motifs is 2. The zero-order chi connectivity index (χ0) is 17.1. The molecule has 0 atom stereocenters. The molecule has 4 N–H and O–H groups in total. The maximum atomic E-state index is 9.29. The van der Waals surface area contributed by atoms with Gasteiger partial charge in [-0.2, -0.15) is 15.0 Å². The van der Waals surface area contributed by atoms with Gasteiger partial charge >= 0.3 is 6.01 Å². The summed E-state index contributed by atoms with van der Waals surface area (Å²) in [7, 11) is 0. The second kappa shape index (κ2) is 7.00. The summed E-state index contributed by atoms with van der Waals surface area (Å²) in [6.07, 6.45) is 9.90. The van der Waals surface area contributed by atoms with Gasteiger partial charge in [0.15, 0.2) is 5.82 Å². The van der Waals surface area contributed by atoms with Gasteiger partial charge in [-0.15, -0.1) is 0 Å². The first kappa shape index (κ1) is 16.4. The third-order valence-electron chi connectivity index (χ3n) is 3.36. The van der Waals surface area contributed by atoms with Crippen molar-refractivity contribution in [2.75, 3.05) is 5.43 Å². The number of nitrogen functional groups attached to an aromatic ring is 1. The average Bonchev–Trinajstić information content (AvgIpc) is 3.23. The molecule has 122 valence electrons. The van der Waals surface area contributed by atoms with Crippen molar-refractivity contribution in [3.8, 4) is 17.4 Å². The number of rotatable bonds is 2. The number of nitrogens with two attached hydrogens (primary N) is 1. The molecule has 1 heterocycles. The summed E-state index contributed by atoms with van der Waals surface area (Å²) in [4.78, 5) is 11.3. The molecule has 6 nitrogen and oxygen atoms in total. The number of benzene rings is 1. The molecule has 2 bridgehead atoms. The molecule has 0 saturated carbocycles. The van der Waals surface area contributed by atoms with Gasteiger partial charge in [-0.1, -0.05) is 47.5 Å². The van der Waals surface area contributed by atoms with Gasteiger partial charge < -0.3 is 5.11 Å². The van der Waals surface area contributed by atoms with Gasteiger partial charge in [-0.25, -0.2) is 5.84 Å². The minimum absolute atomic E-state index is 0.0542. The lowest BCUT2D eigenvalue weighted by Crippen LogP contribution is -2.11. The van der Waals surface area contributed by atoms with E-state index in [1.165, 1.54) is 17.6 Å². The first-order valence-corrected chi connectivity index (χ1v) is 7.75. The zero-order valence-corrected chi connectivity index (χ0v) is 13.9. The normalized spacial score (nSPS) is 14.0. The van der Waals surface area contributed by atoms with E-state index < -0.39 is 6.01 Å². The van der Waals surface area contributed by atoms with Crippen LogP contribution in [-0.4, -0.2) is 20.1 Å². The number of hydrogen-bond donors (Lipinski definition) is 3. The number of aromatic nitrogens is 3. The molecule has 2 aliphatic rings. The Balaban J connectivity index is 0.000000198. The molecule has 0 amide bonds. The summed E-state index contributed by atoms with van der Waals surface area (Å²) in [5, 5.41) is 10.1. The molecule has 0 unspecified atom stereocenters. The van der Waals surface area contributed by atoms with Crippen molar-refractivity contribution in [2.45, 2.75) is 6.42 Å². The molecule has 2 aliphatic carbocycles. The van der Waals surface area contributed by atoms with Crippen LogP contribution in [0.1, 0.15) is 6.42 Å². The number of aromatic hydroxyl groups is 1. The summed E-state index contributed by atoms with van der Waals surface area (Å²) < 4.78 is 0. The summed E-state index contributed by atoms with van der Waals surface area (Å²) in [6.45, 7) is 0. The third-order valence-corrected chi connectivity index (χ3v) is 4.10. The summed E-state index contributed by atoms with van der Waals surface area (Å²) in [5.41, 5.74) is 5.75. The fraction of sp³-hybridized carbons (Fsp3) is 0.0625. The summed E-state index contributed by atoms with van der Waals surface area (Å²) >= 11 is 11.7. The smallest absolute Gasteiger partial charge is 0.319 e. The number of nitrogens with zero attached hydrogens (tertiary/aromatic N) is 3. The van der Waals surface area contributed by atoms with Gasteiger partial charge in [0.1, 0.15) is 0 Å². The van der Waals surface area contributed by atoms with E-state index in [9.17, 15) is 5.11 Å². The van der Waals surface area contributed by atoms with Gasteiger partial charge in [0, 0.05) is 5.56 Å². The lowest BCUT2D eigenvalue weighted by molar-refractivity contribution is 0.430. The highest BCUT2D eigenvalue weighted by molar-refractivity contribution is 6.42. The van der Waals surface area contributed by atoms with Gasteiger partial charge in [-0.3, -0.25) is 5.43 Å². The summed E-state index contributed by atoms with van der Waals surface area (Å²) in [6, 6.07) is 4.42. The maximum absolute atomic E-state index is 9.29. The zero-order valence-electron chi connectivity index (χ0n) is 12.4. The molecule has 0 fully saturated rings. The van der Waals surface area contributed by atoms with Crippen LogP contribution < -0.4 is 11.3 Å². The quantitative estimate of drug-likeness (QED) is 0.557. The Morgan fingerprint density at radius 2 is 1.71 bits per heavy atom. The highest BCUT2D eigenvalue weighted by atomic mass is 35.5. The van der Waals surface area contributed by atoms with Crippen molar-refractivity contribution in [3.63, 3.8) is 0 Å². The van der Waals surface area contributed by atoms with Crippen LogP contribution >= 0.6 is 23.2 Å². The van der Waals surface area contributed by atoms with Crippen LogP contribution in [0, 0.1) is 0 Å². The van der Waals surface area contributed by atoms with Crippen LogP contribution in [0.15, 0.2) is 53.6 Å². The molecule has 4 rings (SSSR count). The Bertz CT molecular complexity index is 857. The Hall–Kier alpha value is -2.41. The summed E-state index contributed by atoms with van der Waals surface area (Å²) in [5.74, 6) is 5.45. The number of hydrogen-bond acceptors (Lipinski definition) is 6. The molecule has 0 aliphatic heterocycles. The lowest BCUT2D eigenvalue weighted by Gasteiger charge is -2.04. The van der Waals surface area contributed by atoms with Crippen molar-refractivity contribution in [1.82, 2.24) is 15.0 Å². The van der Waals surface area contributed by atoms with Crippen molar-refractivity contribution in [1.29, 1.82) is 0 Å². The van der Waals surface area contributed by atoms with E-state index in [4.69, 9.17) is 29.0 Å². The minimum Gasteiger partial charge on any atom is -0.479 e. The van der Waals surface area contributed by atoms with Gasteiger partial charge in [0.05, 0.1) is 10.0 Å². The Kier molecular flexibility index (Phi) is 4.80. The molecule has 0 saturated heterocycles. The second-order valence-corrected chi connectivity index (χ2v) is 5.86. The number of allylic oxidation sites excluding steroid dienone is 6. The van der Waals surface area contributed by atoms with Crippen molar-refractivity contribution >= 4 is 29.2 Å². The average molecular weight is 362 g/mol. The topological polar surface area (TPSA) is 97.0 Å². The Morgan fingerprint density at radius 3 is 2.21 bits per heavy atom. The number of anilines is 1. The number of halogens is 2. The monoisotopic (exact) mass is 361 g/mol. The van der Waals surface area contributed by atoms with Crippen LogP contribution in [0.25, 0.3) is 11.4 Å². The molecular formula is C16H13Cl2N5O. The maximum Gasteiger partial charge on any atom is 0.319 e. The van der Waals surface area contributed by atoms with Crippen LogP contribution in [0.4, 0.5) is 5.95 Å². The second-order valence-electron chi connectivity index (χ2n) is 5.05. The standard InChI is InChI=1S/C9H7Cl2N5O.C7H6/c10-5-2-1-4(3-6(5)11)7-13-8(16-12)15-9(17)14-7;1-2-7-4-3-6(1)5-7/h1-3H,12H2,(H2,13,14,15,16,17);1-4H,5H2. The predicted octanol–water partition coefficient (Wildman–Crippen LogP) is 3.65. The third kappa shape index (κ3) is 3.73. The highest BCUT2D eigenvalue weighted by Crippen LogP contribution is 2.28. The van der Waals surface area contributed by atoms with E-state index in [0.717, 1.165) is 0 Å².